The van der Waals surface area contributed by atoms with Crippen molar-refractivity contribution in [1.82, 2.24) is 4.98 Å². The number of para-hydroxylation sites is 1. The van der Waals surface area contributed by atoms with Crippen LogP contribution in [0.1, 0.15) is 28.5 Å². The highest BCUT2D eigenvalue weighted by Gasteiger charge is 2.21. The lowest BCUT2D eigenvalue weighted by molar-refractivity contribution is -0.151. The number of aliphatic hydroxyl groups is 1. The predicted octanol–water partition coefficient (Wildman–Crippen LogP) is 4.97. The number of halogens is 1. The molecule has 0 aliphatic carbocycles. The van der Waals surface area contributed by atoms with Gasteiger partial charge in [-0.05, 0) is 50.3 Å². The number of carbonyl (C=O) groups is 3. The number of hydrogen-bond acceptors (Lipinski definition) is 5. The smallest absolute Gasteiger partial charge is 0.379 e. The number of allylic oxidation sites excluding steroid dienone is 1. The van der Waals surface area contributed by atoms with E-state index >= 15 is 0 Å². The number of esters is 1. The zero-order valence-corrected chi connectivity index (χ0v) is 17.7. The number of aromatic amines is 1. The van der Waals surface area contributed by atoms with Gasteiger partial charge in [0.1, 0.15) is 5.76 Å². The Kier molecular flexibility index (Phi) is 6.72. The van der Waals surface area contributed by atoms with Crippen molar-refractivity contribution in [3.8, 4) is 0 Å². The molecule has 1 heterocycles. The van der Waals surface area contributed by atoms with Crippen molar-refractivity contribution in [3.63, 3.8) is 0 Å². The molecule has 3 aromatic rings. The highest BCUT2D eigenvalue weighted by molar-refractivity contribution is 6.38. The number of rotatable bonds is 7. The number of ketones is 2. The van der Waals surface area contributed by atoms with Crippen LogP contribution in [-0.4, -0.2) is 34.2 Å². The fourth-order valence-electron chi connectivity index (χ4n) is 3.10. The van der Waals surface area contributed by atoms with Gasteiger partial charge in [0, 0.05) is 38.8 Å². The molecule has 0 aliphatic rings. The second kappa shape index (κ2) is 9.45. The van der Waals surface area contributed by atoms with Gasteiger partial charge in [0.15, 0.2) is 5.78 Å². The Morgan fingerprint density at radius 1 is 1.10 bits per heavy atom. The Morgan fingerprint density at radius 2 is 1.77 bits per heavy atom. The predicted molar refractivity (Wildman–Crippen MR) is 119 cm³/mol. The SMILES string of the molecule is CCOC(=O)C(=O)/C=C(O)/C(=C/c1c(C)[nH]c2ccccc12)C(=O)c1ccc(Cl)cc1. The molecular weight excluding hydrogens is 418 g/mol. The second-order valence-electron chi connectivity index (χ2n) is 6.72. The third kappa shape index (κ3) is 4.92. The number of ether oxygens (including phenoxy) is 1. The molecule has 0 fully saturated rings. The maximum atomic E-state index is 13.2. The Bertz CT molecular complexity index is 1220. The number of carbonyl (C=O) groups excluding carboxylic acids is 3. The van der Waals surface area contributed by atoms with E-state index in [-0.39, 0.29) is 17.7 Å². The fourth-order valence-corrected chi connectivity index (χ4v) is 3.23. The zero-order valence-electron chi connectivity index (χ0n) is 16.9. The van der Waals surface area contributed by atoms with E-state index < -0.39 is 23.3 Å². The second-order valence-corrected chi connectivity index (χ2v) is 7.15. The summed E-state index contributed by atoms with van der Waals surface area (Å²) in [6.07, 6.45) is 2.19. The third-order valence-corrected chi connectivity index (χ3v) is 4.86. The van der Waals surface area contributed by atoms with Crippen LogP contribution in [0.25, 0.3) is 17.0 Å². The molecule has 0 saturated heterocycles. The number of nitrogens with one attached hydrogen (secondary N) is 1. The number of aromatic nitrogens is 1. The van der Waals surface area contributed by atoms with E-state index in [1.165, 1.54) is 18.2 Å². The zero-order chi connectivity index (χ0) is 22.5. The maximum Gasteiger partial charge on any atom is 0.379 e. The molecule has 0 unspecified atom stereocenters. The van der Waals surface area contributed by atoms with E-state index in [4.69, 9.17) is 11.6 Å². The van der Waals surface area contributed by atoms with Gasteiger partial charge in [-0.15, -0.1) is 0 Å². The van der Waals surface area contributed by atoms with Crippen LogP contribution in [0.2, 0.25) is 5.02 Å². The van der Waals surface area contributed by atoms with Gasteiger partial charge in [-0.3, -0.25) is 9.59 Å². The summed E-state index contributed by atoms with van der Waals surface area (Å²) >= 11 is 5.91. The molecule has 7 heteroatoms. The first kappa shape index (κ1) is 22.1. The van der Waals surface area contributed by atoms with Crippen LogP contribution in [0.4, 0.5) is 0 Å². The molecule has 0 radical (unpaired) electrons. The fraction of sp³-hybridized carbons (Fsp3) is 0.125. The van der Waals surface area contributed by atoms with Gasteiger partial charge in [-0.2, -0.15) is 0 Å². The summed E-state index contributed by atoms with van der Waals surface area (Å²) in [5, 5.41) is 11.9. The van der Waals surface area contributed by atoms with Crippen molar-refractivity contribution < 1.29 is 24.2 Å². The van der Waals surface area contributed by atoms with Gasteiger partial charge >= 0.3 is 5.97 Å². The van der Waals surface area contributed by atoms with E-state index in [2.05, 4.69) is 9.72 Å². The lowest BCUT2D eigenvalue weighted by Crippen LogP contribution is -2.16. The van der Waals surface area contributed by atoms with Gasteiger partial charge < -0.3 is 14.8 Å². The number of Topliss-reactive ketones (excluding diaryl/α,β-unsaturated/α-hetero) is 1. The minimum Gasteiger partial charge on any atom is -0.507 e. The number of H-pyrrole nitrogens is 1. The molecule has 6 nitrogen and oxygen atoms in total. The molecule has 0 amide bonds. The summed E-state index contributed by atoms with van der Waals surface area (Å²) in [6.45, 7) is 3.41. The average Bonchev–Trinajstić information content (AvgIpc) is 3.07. The number of aryl methyl sites for hydroxylation is 1. The van der Waals surface area contributed by atoms with Gasteiger partial charge in [0.05, 0.1) is 12.2 Å². The summed E-state index contributed by atoms with van der Waals surface area (Å²) < 4.78 is 4.66. The van der Waals surface area contributed by atoms with Crippen LogP contribution in [0.5, 0.6) is 0 Å². The van der Waals surface area contributed by atoms with Crippen LogP contribution in [0.3, 0.4) is 0 Å². The van der Waals surface area contributed by atoms with Crippen molar-refractivity contribution >= 4 is 46.1 Å². The monoisotopic (exact) mass is 437 g/mol. The van der Waals surface area contributed by atoms with Gasteiger partial charge in [0.2, 0.25) is 0 Å². The topological polar surface area (TPSA) is 96.5 Å². The maximum absolute atomic E-state index is 13.2. The van der Waals surface area contributed by atoms with Crippen molar-refractivity contribution in [2.75, 3.05) is 6.61 Å². The molecule has 0 aliphatic heterocycles. The summed E-state index contributed by atoms with van der Waals surface area (Å²) in [5.41, 5.74) is 2.42. The van der Waals surface area contributed by atoms with Gasteiger partial charge in [-0.1, -0.05) is 29.8 Å². The van der Waals surface area contributed by atoms with Crippen LogP contribution < -0.4 is 0 Å². The quantitative estimate of drug-likeness (QED) is 0.136. The highest BCUT2D eigenvalue weighted by atomic mass is 35.5. The van der Waals surface area contributed by atoms with Gasteiger partial charge in [-0.25, -0.2) is 4.79 Å². The molecular formula is C24H20ClNO5. The first-order valence-electron chi connectivity index (χ1n) is 9.53. The summed E-state index contributed by atoms with van der Waals surface area (Å²) in [4.78, 5) is 40.1. The molecule has 0 spiro atoms. The number of hydrogen-bond donors (Lipinski definition) is 2. The van der Waals surface area contributed by atoms with E-state index in [0.29, 0.717) is 16.7 Å². The molecule has 0 atom stereocenters. The Hall–Kier alpha value is -3.64. The molecule has 0 saturated carbocycles. The minimum absolute atomic E-state index is 0.0140. The normalized spacial score (nSPS) is 12.1. The molecule has 0 bridgehead atoms. The van der Waals surface area contributed by atoms with Crippen LogP contribution in [-0.2, 0) is 14.3 Å². The largest absolute Gasteiger partial charge is 0.507 e. The summed E-state index contributed by atoms with van der Waals surface area (Å²) in [6, 6.07) is 13.6. The molecule has 3 rings (SSSR count). The Labute approximate surface area is 183 Å². The highest BCUT2D eigenvalue weighted by Crippen LogP contribution is 2.27. The van der Waals surface area contributed by atoms with Crippen LogP contribution >= 0.6 is 11.6 Å². The molecule has 2 aromatic carbocycles. The first-order chi connectivity index (χ1) is 14.8. The summed E-state index contributed by atoms with van der Waals surface area (Å²) in [5.74, 6) is -3.35. The van der Waals surface area contributed by atoms with E-state index in [1.807, 2.05) is 31.2 Å². The van der Waals surface area contributed by atoms with Gasteiger partial charge in [0.25, 0.3) is 5.78 Å². The molecule has 158 valence electrons. The summed E-state index contributed by atoms with van der Waals surface area (Å²) in [7, 11) is 0. The third-order valence-electron chi connectivity index (χ3n) is 4.60. The van der Waals surface area contributed by atoms with Crippen molar-refractivity contribution in [2.45, 2.75) is 13.8 Å². The number of fused-ring (bicyclic) bond motifs is 1. The number of benzene rings is 2. The average molecular weight is 438 g/mol. The standard InChI is InChI=1S/C24H20ClNO5/c1-3-31-24(30)22(28)13-21(27)19(23(29)15-8-10-16(25)11-9-15)12-18-14(2)26-20-7-5-4-6-17(18)20/h4-13,26-27H,3H2,1-2H3/b19-12-,21-13-. The Balaban J connectivity index is 2.14. The van der Waals surface area contributed by atoms with Crippen LogP contribution in [0, 0.1) is 6.92 Å². The van der Waals surface area contributed by atoms with E-state index in [1.54, 1.807) is 19.1 Å². The molecule has 2 N–H and O–H groups in total. The molecule has 1 aromatic heterocycles. The molecule has 31 heavy (non-hydrogen) atoms. The minimum atomic E-state index is -1.12. The Morgan fingerprint density at radius 3 is 2.45 bits per heavy atom. The lowest BCUT2D eigenvalue weighted by atomic mass is 9.97. The van der Waals surface area contributed by atoms with Crippen molar-refractivity contribution in [2.24, 2.45) is 0 Å². The van der Waals surface area contributed by atoms with Crippen LogP contribution in [0.15, 0.2) is 65.9 Å². The van der Waals surface area contributed by atoms with E-state index in [9.17, 15) is 19.5 Å². The van der Waals surface area contributed by atoms with E-state index in [0.717, 1.165) is 16.6 Å². The first-order valence-corrected chi connectivity index (χ1v) is 9.91. The lowest BCUT2D eigenvalue weighted by Gasteiger charge is -2.08. The van der Waals surface area contributed by atoms with Crippen molar-refractivity contribution in [1.29, 1.82) is 0 Å². The number of aliphatic hydroxyl groups excluding tert-OH is 1. The van der Waals surface area contributed by atoms with Crippen molar-refractivity contribution in [3.05, 3.63) is 87.8 Å².